The van der Waals surface area contributed by atoms with E-state index in [0.29, 0.717) is 30.7 Å². The van der Waals surface area contributed by atoms with Crippen molar-refractivity contribution in [2.45, 2.75) is 32.7 Å². The first-order valence-corrected chi connectivity index (χ1v) is 7.25. The van der Waals surface area contributed by atoms with E-state index in [2.05, 4.69) is 20.6 Å². The van der Waals surface area contributed by atoms with Gasteiger partial charge in [-0.2, -0.15) is 4.98 Å². The average Bonchev–Trinajstić information content (AvgIpc) is 3.14. The smallest absolute Gasteiger partial charge is 0.274 e. The maximum Gasteiger partial charge on any atom is 0.274 e. The molecule has 1 aliphatic rings. The Morgan fingerprint density at radius 1 is 1.27 bits per heavy atom. The third-order valence-electron chi connectivity index (χ3n) is 3.69. The number of hydrogen-bond donors (Lipinski definition) is 1. The molecule has 1 saturated heterocycles. The monoisotopic (exact) mass is 306 g/mol. The van der Waals surface area contributed by atoms with Crippen LogP contribution < -0.4 is 5.32 Å². The highest BCUT2D eigenvalue weighted by atomic mass is 16.5. The van der Waals surface area contributed by atoms with E-state index in [1.807, 2.05) is 0 Å². The molecule has 0 bridgehead atoms. The highest BCUT2D eigenvalue weighted by Crippen LogP contribution is 2.29. The van der Waals surface area contributed by atoms with Gasteiger partial charge in [0.25, 0.3) is 5.91 Å². The largest absolute Gasteiger partial charge is 0.381 e. The normalized spacial score (nSPS) is 17.4. The van der Waals surface area contributed by atoms with Crippen molar-refractivity contribution in [1.82, 2.24) is 20.6 Å². The zero-order chi connectivity index (χ0) is 15.5. The quantitative estimate of drug-likeness (QED) is 0.914. The Labute approximate surface area is 127 Å². The molecule has 1 aliphatic heterocycles. The molecule has 2 aromatic rings. The third-order valence-corrected chi connectivity index (χ3v) is 3.69. The van der Waals surface area contributed by atoms with Crippen molar-refractivity contribution < 1.29 is 18.6 Å². The summed E-state index contributed by atoms with van der Waals surface area (Å²) in [5.74, 6) is 1.41. The summed E-state index contributed by atoms with van der Waals surface area (Å²) >= 11 is 0. The minimum Gasteiger partial charge on any atom is -0.381 e. The molecular formula is C14H18N4O4. The number of nitrogens with one attached hydrogen (secondary N) is 1. The van der Waals surface area contributed by atoms with Crippen molar-refractivity contribution >= 4 is 5.91 Å². The van der Waals surface area contributed by atoms with E-state index in [4.69, 9.17) is 13.8 Å². The molecule has 0 aliphatic carbocycles. The van der Waals surface area contributed by atoms with E-state index in [0.717, 1.165) is 12.8 Å². The van der Waals surface area contributed by atoms with Gasteiger partial charge in [-0.3, -0.25) is 4.79 Å². The van der Waals surface area contributed by atoms with Gasteiger partial charge in [0.1, 0.15) is 11.8 Å². The fourth-order valence-corrected chi connectivity index (χ4v) is 2.56. The molecule has 2 aromatic heterocycles. The molecule has 0 aromatic carbocycles. The van der Waals surface area contributed by atoms with Crippen molar-refractivity contribution in [2.75, 3.05) is 13.2 Å². The Balaban J connectivity index is 1.80. The summed E-state index contributed by atoms with van der Waals surface area (Å²) in [5.41, 5.74) is 0.241. The second kappa shape index (κ2) is 6.27. The maximum absolute atomic E-state index is 12.3. The highest BCUT2D eigenvalue weighted by molar-refractivity contribution is 5.92. The summed E-state index contributed by atoms with van der Waals surface area (Å²) in [6.45, 7) is 4.80. The van der Waals surface area contributed by atoms with Crippen molar-refractivity contribution in [3.05, 3.63) is 29.2 Å². The second-order valence-electron chi connectivity index (χ2n) is 5.40. The number of aryl methyl sites for hydroxylation is 2. The molecule has 0 radical (unpaired) electrons. The fourth-order valence-electron chi connectivity index (χ4n) is 2.56. The molecule has 8 heteroatoms. The van der Waals surface area contributed by atoms with Gasteiger partial charge in [0, 0.05) is 19.3 Å². The van der Waals surface area contributed by atoms with E-state index in [-0.39, 0.29) is 23.6 Å². The molecule has 0 saturated carbocycles. The molecule has 0 unspecified atom stereocenters. The van der Waals surface area contributed by atoms with Crippen LogP contribution in [0.1, 0.15) is 46.8 Å². The zero-order valence-corrected chi connectivity index (χ0v) is 12.5. The van der Waals surface area contributed by atoms with E-state index in [1.165, 1.54) is 0 Å². The van der Waals surface area contributed by atoms with Crippen LogP contribution in [0.5, 0.6) is 0 Å². The molecular weight excluding hydrogens is 288 g/mol. The Bertz CT molecular complexity index is 645. The summed E-state index contributed by atoms with van der Waals surface area (Å²) < 4.78 is 15.6. The maximum atomic E-state index is 12.3. The Hall–Kier alpha value is -2.22. The molecule has 1 N–H and O–H groups in total. The summed E-state index contributed by atoms with van der Waals surface area (Å²) in [6.07, 6.45) is 1.65. The van der Waals surface area contributed by atoms with Crippen molar-refractivity contribution in [1.29, 1.82) is 0 Å². The molecule has 3 heterocycles. The van der Waals surface area contributed by atoms with Gasteiger partial charge in [-0.1, -0.05) is 10.3 Å². The standard InChI is InChI=1S/C14H18N4O4/c1-8-7-11(18-21-8)13(19)16-12(10-3-5-20-6-4-10)14-15-9(2)17-22-14/h7,10,12H,3-6H2,1-2H3,(H,16,19)/t12-/m0/s1. The first kappa shape index (κ1) is 14.7. The highest BCUT2D eigenvalue weighted by Gasteiger charge is 2.32. The van der Waals surface area contributed by atoms with Gasteiger partial charge < -0.3 is 19.1 Å². The van der Waals surface area contributed by atoms with E-state index in [9.17, 15) is 4.79 Å². The van der Waals surface area contributed by atoms with Gasteiger partial charge in [-0.05, 0) is 32.6 Å². The van der Waals surface area contributed by atoms with Crippen molar-refractivity contribution in [2.24, 2.45) is 5.92 Å². The average molecular weight is 306 g/mol. The van der Waals surface area contributed by atoms with E-state index < -0.39 is 0 Å². The minimum atomic E-state index is -0.352. The molecule has 3 rings (SSSR count). The van der Waals surface area contributed by atoms with Gasteiger partial charge in [0.15, 0.2) is 11.5 Å². The molecule has 1 atom stereocenters. The van der Waals surface area contributed by atoms with E-state index >= 15 is 0 Å². The first-order chi connectivity index (χ1) is 10.6. The topological polar surface area (TPSA) is 103 Å². The van der Waals surface area contributed by atoms with Crippen LogP contribution in [0.4, 0.5) is 0 Å². The Morgan fingerprint density at radius 3 is 2.64 bits per heavy atom. The Morgan fingerprint density at radius 2 is 2.05 bits per heavy atom. The SMILES string of the molecule is Cc1noc([C@@H](NC(=O)c2cc(C)on2)C2CCOCC2)n1. The van der Waals surface area contributed by atoms with Gasteiger partial charge in [0.2, 0.25) is 5.89 Å². The lowest BCUT2D eigenvalue weighted by Crippen LogP contribution is -2.36. The zero-order valence-electron chi connectivity index (χ0n) is 12.5. The molecule has 118 valence electrons. The summed E-state index contributed by atoms with van der Waals surface area (Å²) in [7, 11) is 0. The van der Waals surface area contributed by atoms with Crippen LogP contribution in [0.2, 0.25) is 0 Å². The summed E-state index contributed by atoms with van der Waals surface area (Å²) in [6, 6.07) is 1.24. The van der Waals surface area contributed by atoms with Crippen LogP contribution in [0.3, 0.4) is 0 Å². The van der Waals surface area contributed by atoms with Crippen LogP contribution in [0.15, 0.2) is 15.1 Å². The lowest BCUT2D eigenvalue weighted by molar-refractivity contribution is 0.0466. The van der Waals surface area contributed by atoms with E-state index in [1.54, 1.807) is 19.9 Å². The number of ether oxygens (including phenoxy) is 1. The number of nitrogens with zero attached hydrogens (tertiary/aromatic N) is 3. The number of rotatable bonds is 4. The Kier molecular flexibility index (Phi) is 4.19. The minimum absolute atomic E-state index is 0.186. The van der Waals surface area contributed by atoms with Crippen LogP contribution in [0, 0.1) is 19.8 Å². The van der Waals surface area contributed by atoms with Crippen molar-refractivity contribution in [3.63, 3.8) is 0 Å². The number of amides is 1. The summed E-state index contributed by atoms with van der Waals surface area (Å²) in [5, 5.41) is 10.5. The van der Waals surface area contributed by atoms with Gasteiger partial charge in [-0.15, -0.1) is 0 Å². The number of aromatic nitrogens is 3. The first-order valence-electron chi connectivity index (χ1n) is 7.25. The number of hydrogen-bond acceptors (Lipinski definition) is 7. The van der Waals surface area contributed by atoms with Crippen LogP contribution in [0.25, 0.3) is 0 Å². The van der Waals surface area contributed by atoms with Gasteiger partial charge in [-0.25, -0.2) is 0 Å². The second-order valence-corrected chi connectivity index (χ2v) is 5.40. The predicted molar refractivity (Wildman–Crippen MR) is 74.0 cm³/mol. The fraction of sp³-hybridized carbons (Fsp3) is 0.571. The molecule has 22 heavy (non-hydrogen) atoms. The molecule has 1 amide bonds. The molecule has 0 spiro atoms. The van der Waals surface area contributed by atoms with Gasteiger partial charge in [0.05, 0.1) is 0 Å². The lowest BCUT2D eigenvalue weighted by atomic mass is 9.91. The third kappa shape index (κ3) is 3.16. The lowest BCUT2D eigenvalue weighted by Gasteiger charge is -2.28. The number of carbonyl (C=O) groups excluding carboxylic acids is 1. The van der Waals surface area contributed by atoms with Crippen LogP contribution in [-0.4, -0.2) is 34.4 Å². The van der Waals surface area contributed by atoms with Gasteiger partial charge >= 0.3 is 0 Å². The van der Waals surface area contributed by atoms with Crippen LogP contribution in [-0.2, 0) is 4.74 Å². The molecule has 8 nitrogen and oxygen atoms in total. The van der Waals surface area contributed by atoms with Crippen LogP contribution >= 0.6 is 0 Å². The predicted octanol–water partition coefficient (Wildman–Crippen LogP) is 1.57. The summed E-state index contributed by atoms with van der Waals surface area (Å²) in [4.78, 5) is 16.6. The van der Waals surface area contributed by atoms with Crippen molar-refractivity contribution in [3.8, 4) is 0 Å². The molecule has 1 fully saturated rings. The number of carbonyl (C=O) groups is 1.